The van der Waals surface area contributed by atoms with Crippen molar-refractivity contribution in [3.05, 3.63) is 47.2 Å². The molecule has 1 amide bonds. The van der Waals surface area contributed by atoms with Crippen LogP contribution in [0.5, 0.6) is 0 Å². The molecule has 0 aromatic heterocycles. The third kappa shape index (κ3) is 5.79. The molecule has 4 heteroatoms. The lowest BCUT2D eigenvalue weighted by molar-refractivity contribution is 0.101. The molecule has 0 saturated carbocycles. The summed E-state index contributed by atoms with van der Waals surface area (Å²) in [6, 6.07) is 8.02. The zero-order valence-corrected chi connectivity index (χ0v) is 14.9. The Labute approximate surface area is 142 Å². The standard InChI is InChI=1S/C19H27NO2S/c1-3-5-6-9-17(4-2)22-19(21)20-16-10-12-18(13-11-16)23-14-7-8-15-23/h7-8,10-15,17,23H,3-6,9H2,1-2H3,(H,20,21). The molecule has 1 heterocycles. The van der Waals surface area contributed by atoms with Gasteiger partial charge in [0, 0.05) is 5.69 Å². The lowest BCUT2D eigenvalue weighted by atomic mass is 10.1. The highest BCUT2D eigenvalue weighted by molar-refractivity contribution is 8.22. The van der Waals surface area contributed by atoms with E-state index in [0.717, 1.165) is 24.9 Å². The average Bonchev–Trinajstić information content (AvgIpc) is 3.09. The highest BCUT2D eigenvalue weighted by Gasteiger charge is 2.12. The number of allylic oxidation sites excluding steroid dienone is 2. The van der Waals surface area contributed by atoms with E-state index in [9.17, 15) is 4.79 Å². The van der Waals surface area contributed by atoms with Gasteiger partial charge in [-0.05, 0) is 59.2 Å². The number of unbranched alkanes of at least 4 members (excludes halogenated alkanes) is 2. The first-order valence-corrected chi connectivity index (χ1v) is 9.92. The maximum atomic E-state index is 12.0. The maximum absolute atomic E-state index is 12.0. The fourth-order valence-electron chi connectivity index (χ4n) is 2.49. The van der Waals surface area contributed by atoms with Gasteiger partial charge in [0.15, 0.2) is 0 Å². The lowest BCUT2D eigenvalue weighted by Crippen LogP contribution is -2.22. The molecule has 1 N–H and O–H groups in total. The molecular weight excluding hydrogens is 306 g/mol. The molecule has 0 aliphatic carbocycles. The second kappa shape index (κ2) is 9.46. The van der Waals surface area contributed by atoms with Crippen molar-refractivity contribution in [3.8, 4) is 0 Å². The second-order valence-corrected chi connectivity index (χ2v) is 7.62. The Kier molecular flexibility index (Phi) is 7.27. The quantitative estimate of drug-likeness (QED) is 0.452. The topological polar surface area (TPSA) is 38.3 Å². The second-order valence-electron chi connectivity index (χ2n) is 5.69. The van der Waals surface area contributed by atoms with Gasteiger partial charge >= 0.3 is 6.09 Å². The highest BCUT2D eigenvalue weighted by Crippen LogP contribution is 2.42. The van der Waals surface area contributed by atoms with Crippen LogP contribution in [0.15, 0.2) is 52.1 Å². The lowest BCUT2D eigenvalue weighted by Gasteiger charge is -2.17. The summed E-state index contributed by atoms with van der Waals surface area (Å²) >= 11 is 0. The van der Waals surface area contributed by atoms with Crippen LogP contribution in [-0.4, -0.2) is 12.2 Å². The monoisotopic (exact) mass is 333 g/mol. The number of carbonyl (C=O) groups excluding carboxylic acids is 1. The van der Waals surface area contributed by atoms with Crippen molar-refractivity contribution in [2.45, 2.75) is 57.0 Å². The third-order valence-electron chi connectivity index (χ3n) is 3.87. The van der Waals surface area contributed by atoms with Crippen LogP contribution in [0.2, 0.25) is 0 Å². The predicted molar refractivity (Wildman–Crippen MR) is 100 cm³/mol. The minimum Gasteiger partial charge on any atom is -0.446 e. The molecule has 23 heavy (non-hydrogen) atoms. The molecule has 0 bridgehead atoms. The predicted octanol–water partition coefficient (Wildman–Crippen LogP) is 6.00. The minimum absolute atomic E-state index is 0.0121. The van der Waals surface area contributed by atoms with Gasteiger partial charge in [-0.2, -0.15) is 10.9 Å². The van der Waals surface area contributed by atoms with Crippen molar-refractivity contribution in [3.63, 3.8) is 0 Å². The van der Waals surface area contributed by atoms with Gasteiger partial charge in [-0.15, -0.1) is 0 Å². The molecule has 1 aromatic carbocycles. The number of thiol groups is 1. The van der Waals surface area contributed by atoms with Crippen LogP contribution in [0.1, 0.15) is 46.0 Å². The van der Waals surface area contributed by atoms with Gasteiger partial charge in [-0.25, -0.2) is 4.79 Å². The van der Waals surface area contributed by atoms with Crippen LogP contribution in [0.3, 0.4) is 0 Å². The molecular formula is C19H27NO2S. The molecule has 0 fully saturated rings. The number of ether oxygens (including phenoxy) is 1. The van der Waals surface area contributed by atoms with Crippen LogP contribution in [-0.2, 0) is 4.74 Å². The van der Waals surface area contributed by atoms with E-state index >= 15 is 0 Å². The number of hydrogen-bond acceptors (Lipinski definition) is 2. The van der Waals surface area contributed by atoms with Crippen molar-refractivity contribution in [1.82, 2.24) is 0 Å². The number of anilines is 1. The van der Waals surface area contributed by atoms with E-state index in [2.05, 4.69) is 54.3 Å². The SMILES string of the molecule is CCCCCC(CC)OC(=O)Nc1ccc([SH]2C=CC=C2)cc1. The molecule has 0 spiro atoms. The summed E-state index contributed by atoms with van der Waals surface area (Å²) in [5.74, 6) is 0. The van der Waals surface area contributed by atoms with Crippen molar-refractivity contribution in [2.24, 2.45) is 0 Å². The number of amides is 1. The van der Waals surface area contributed by atoms with Crippen molar-refractivity contribution < 1.29 is 9.53 Å². The summed E-state index contributed by atoms with van der Waals surface area (Å²) in [5, 5.41) is 7.26. The highest BCUT2D eigenvalue weighted by atomic mass is 32.2. The first-order valence-electron chi connectivity index (χ1n) is 8.44. The van der Waals surface area contributed by atoms with Gasteiger partial charge in [0.2, 0.25) is 0 Å². The van der Waals surface area contributed by atoms with E-state index in [1.165, 1.54) is 17.7 Å². The van der Waals surface area contributed by atoms with Gasteiger partial charge < -0.3 is 4.74 Å². The Balaban J connectivity index is 1.82. The number of hydrogen-bond donors (Lipinski definition) is 2. The maximum Gasteiger partial charge on any atom is 0.411 e. The van der Waals surface area contributed by atoms with E-state index in [0.29, 0.717) is 0 Å². The van der Waals surface area contributed by atoms with Crippen LogP contribution in [0.25, 0.3) is 0 Å². The van der Waals surface area contributed by atoms with Gasteiger partial charge in [0.1, 0.15) is 6.10 Å². The summed E-state index contributed by atoms with van der Waals surface area (Å²) < 4.78 is 5.51. The van der Waals surface area contributed by atoms with E-state index < -0.39 is 0 Å². The zero-order valence-electron chi connectivity index (χ0n) is 14.0. The molecule has 1 atom stereocenters. The van der Waals surface area contributed by atoms with Gasteiger partial charge in [-0.3, -0.25) is 5.32 Å². The van der Waals surface area contributed by atoms with E-state index in [1.54, 1.807) is 0 Å². The summed E-state index contributed by atoms with van der Waals surface area (Å²) in [6.45, 7) is 4.24. The third-order valence-corrected chi connectivity index (χ3v) is 5.76. The van der Waals surface area contributed by atoms with Crippen LogP contribution in [0, 0.1) is 0 Å². The van der Waals surface area contributed by atoms with E-state index in [-0.39, 0.29) is 23.1 Å². The number of carbonyl (C=O) groups is 1. The van der Waals surface area contributed by atoms with Gasteiger partial charge in [0.25, 0.3) is 0 Å². The van der Waals surface area contributed by atoms with Crippen LogP contribution in [0.4, 0.5) is 10.5 Å². The normalized spacial score (nSPS) is 15.7. The Hall–Kier alpha value is -1.68. The number of rotatable bonds is 8. The van der Waals surface area contributed by atoms with Crippen LogP contribution < -0.4 is 5.32 Å². The largest absolute Gasteiger partial charge is 0.446 e. The fourth-order valence-corrected chi connectivity index (χ4v) is 4.00. The Morgan fingerprint density at radius 2 is 1.83 bits per heavy atom. The van der Waals surface area contributed by atoms with Crippen molar-refractivity contribution in [2.75, 3.05) is 5.32 Å². The van der Waals surface area contributed by atoms with Crippen molar-refractivity contribution in [1.29, 1.82) is 0 Å². The van der Waals surface area contributed by atoms with Gasteiger partial charge in [-0.1, -0.05) is 38.8 Å². The molecule has 2 rings (SSSR count). The van der Waals surface area contributed by atoms with Crippen LogP contribution >= 0.6 is 10.9 Å². The Bertz CT molecular complexity index is 539. The summed E-state index contributed by atoms with van der Waals surface area (Å²) in [4.78, 5) is 13.3. The van der Waals surface area contributed by atoms with E-state index in [1.807, 2.05) is 12.1 Å². The Morgan fingerprint density at radius 3 is 2.43 bits per heavy atom. The molecule has 126 valence electrons. The smallest absolute Gasteiger partial charge is 0.411 e. The molecule has 1 aromatic rings. The summed E-state index contributed by atoms with van der Waals surface area (Å²) in [5.41, 5.74) is 0.782. The number of benzene rings is 1. The molecule has 3 nitrogen and oxygen atoms in total. The summed E-state index contributed by atoms with van der Waals surface area (Å²) in [6.07, 6.45) is 9.11. The van der Waals surface area contributed by atoms with Crippen molar-refractivity contribution >= 4 is 22.7 Å². The first-order chi connectivity index (χ1) is 11.2. The first kappa shape index (κ1) is 17.7. The minimum atomic E-state index is -0.354. The zero-order chi connectivity index (χ0) is 16.5. The molecule has 0 saturated heterocycles. The molecule has 1 aliphatic heterocycles. The molecule has 0 radical (unpaired) electrons. The Morgan fingerprint density at radius 1 is 1.13 bits per heavy atom. The summed E-state index contributed by atoms with van der Waals surface area (Å²) in [7, 11) is -0.303. The molecule has 1 unspecified atom stereocenters. The van der Waals surface area contributed by atoms with E-state index in [4.69, 9.17) is 4.74 Å². The fraction of sp³-hybridized carbons (Fsp3) is 0.421. The van der Waals surface area contributed by atoms with Gasteiger partial charge in [0.05, 0.1) is 0 Å². The number of nitrogens with one attached hydrogen (secondary N) is 1. The average molecular weight is 333 g/mol. The molecule has 1 aliphatic rings.